The molecule has 0 spiro atoms. The molecule has 4 heterocycles. The van der Waals surface area contributed by atoms with Gasteiger partial charge >= 0.3 is 0 Å². The Morgan fingerprint density at radius 3 is 1.92 bits per heavy atom. The molecule has 0 atom stereocenters. The molecule has 0 aliphatic carbocycles. The molecular weight excluding hydrogens is 592 g/mol. The van der Waals surface area contributed by atoms with Gasteiger partial charge in [0.25, 0.3) is 0 Å². The van der Waals surface area contributed by atoms with Crippen LogP contribution in [0.15, 0.2) is 155 Å². The lowest BCUT2D eigenvalue weighted by Crippen LogP contribution is -2.00. The number of aromatic nitrogens is 4. The van der Waals surface area contributed by atoms with Crippen LogP contribution >= 0.6 is 0 Å². The summed E-state index contributed by atoms with van der Waals surface area (Å²) in [4.78, 5) is 19.8. The van der Waals surface area contributed by atoms with E-state index in [4.69, 9.17) is 23.8 Å². The Morgan fingerprint density at radius 1 is 0.396 bits per heavy atom. The molecule has 10 rings (SSSR count). The van der Waals surface area contributed by atoms with E-state index in [1.54, 1.807) is 0 Å². The van der Waals surface area contributed by atoms with Crippen molar-refractivity contribution in [3.63, 3.8) is 0 Å². The van der Waals surface area contributed by atoms with Crippen molar-refractivity contribution in [3.8, 4) is 45.3 Å². The molecule has 0 aliphatic heterocycles. The van der Waals surface area contributed by atoms with Crippen LogP contribution in [0, 0.1) is 0 Å². The normalized spacial score (nSPS) is 11.8. The third kappa shape index (κ3) is 4.20. The predicted molar refractivity (Wildman–Crippen MR) is 191 cm³/mol. The molecule has 10 aromatic rings. The largest absolute Gasteiger partial charge is 0.456 e. The van der Waals surface area contributed by atoms with E-state index in [1.807, 2.05) is 85.1 Å². The second-order valence-electron chi connectivity index (χ2n) is 11.9. The van der Waals surface area contributed by atoms with Crippen molar-refractivity contribution in [2.45, 2.75) is 0 Å². The van der Waals surface area contributed by atoms with E-state index in [9.17, 15) is 0 Å². The number of rotatable bonds is 4. The standard InChI is InChI=1S/C42H24N4O2/c1-2-10-25(11-3-1)40-44-41(46-42(45-40)31-17-8-20-36-39(31)30-15-4-5-18-34(30)47-36)28-13-6-12-26(22-28)29-16-7-19-35-38(29)32-24-33-27(14-9-21-43-33)23-37(32)48-35/h1-24H. The molecule has 0 radical (unpaired) electrons. The molecule has 0 aliphatic rings. The van der Waals surface area contributed by atoms with Crippen LogP contribution < -0.4 is 0 Å². The maximum absolute atomic E-state index is 6.36. The fraction of sp³-hybridized carbons (Fsp3) is 0. The average Bonchev–Trinajstić information content (AvgIpc) is 3.72. The van der Waals surface area contributed by atoms with Crippen LogP contribution in [-0.2, 0) is 0 Å². The third-order valence-corrected chi connectivity index (χ3v) is 8.96. The first kappa shape index (κ1) is 26.5. The molecule has 0 unspecified atom stereocenters. The minimum Gasteiger partial charge on any atom is -0.456 e. The number of pyridine rings is 1. The van der Waals surface area contributed by atoms with E-state index < -0.39 is 0 Å². The third-order valence-electron chi connectivity index (χ3n) is 8.96. The number of nitrogens with zero attached hydrogens (tertiary/aromatic N) is 4. The van der Waals surface area contributed by atoms with Gasteiger partial charge < -0.3 is 8.83 Å². The van der Waals surface area contributed by atoms with Crippen LogP contribution in [0.3, 0.4) is 0 Å². The van der Waals surface area contributed by atoms with Gasteiger partial charge in [0.05, 0.1) is 5.52 Å². The summed E-state index contributed by atoms with van der Waals surface area (Å²) in [5.74, 6) is 1.78. The SMILES string of the molecule is c1ccc(-c2nc(-c3cccc(-c4cccc5oc6cc7cccnc7cc6c45)c3)nc(-c3cccc4oc5ccccc5c34)n2)cc1. The number of furan rings is 2. The fourth-order valence-corrected chi connectivity index (χ4v) is 6.76. The number of benzene rings is 6. The van der Waals surface area contributed by atoms with E-state index in [-0.39, 0.29) is 0 Å². The van der Waals surface area contributed by atoms with Crippen LogP contribution in [0.5, 0.6) is 0 Å². The first-order chi connectivity index (χ1) is 23.8. The maximum atomic E-state index is 6.36. The molecule has 4 aromatic heterocycles. The van der Waals surface area contributed by atoms with E-state index in [0.29, 0.717) is 17.5 Å². The van der Waals surface area contributed by atoms with Crippen molar-refractivity contribution in [3.05, 3.63) is 146 Å². The van der Waals surface area contributed by atoms with Crippen molar-refractivity contribution in [1.82, 2.24) is 19.9 Å². The predicted octanol–water partition coefficient (Wildman–Crippen LogP) is 10.9. The summed E-state index contributed by atoms with van der Waals surface area (Å²) in [5, 5.41) is 5.14. The highest BCUT2D eigenvalue weighted by Gasteiger charge is 2.19. The molecule has 6 heteroatoms. The summed E-state index contributed by atoms with van der Waals surface area (Å²) in [5.41, 5.74) is 9.02. The van der Waals surface area contributed by atoms with Gasteiger partial charge in [0, 0.05) is 49.8 Å². The van der Waals surface area contributed by atoms with Crippen LogP contribution in [0.1, 0.15) is 0 Å². The molecule has 0 saturated carbocycles. The Balaban J connectivity index is 1.18. The van der Waals surface area contributed by atoms with Gasteiger partial charge in [0.2, 0.25) is 0 Å². The van der Waals surface area contributed by atoms with Gasteiger partial charge in [0.15, 0.2) is 17.5 Å². The highest BCUT2D eigenvalue weighted by Crippen LogP contribution is 2.40. The Labute approximate surface area is 274 Å². The Morgan fingerprint density at radius 2 is 1.04 bits per heavy atom. The van der Waals surface area contributed by atoms with Crippen molar-refractivity contribution >= 4 is 54.8 Å². The van der Waals surface area contributed by atoms with Gasteiger partial charge in [-0.1, -0.05) is 97.1 Å². The molecule has 0 fully saturated rings. The van der Waals surface area contributed by atoms with Crippen LogP contribution in [-0.4, -0.2) is 19.9 Å². The Kier molecular flexibility index (Phi) is 5.77. The zero-order valence-electron chi connectivity index (χ0n) is 25.5. The van der Waals surface area contributed by atoms with E-state index >= 15 is 0 Å². The number of para-hydroxylation sites is 1. The second-order valence-corrected chi connectivity index (χ2v) is 11.9. The minimum absolute atomic E-state index is 0.587. The lowest BCUT2D eigenvalue weighted by Gasteiger charge is -2.11. The second kappa shape index (κ2) is 10.4. The van der Waals surface area contributed by atoms with Crippen LogP contribution in [0.25, 0.3) is 100 Å². The molecule has 6 aromatic carbocycles. The van der Waals surface area contributed by atoms with Gasteiger partial charge in [0.1, 0.15) is 22.3 Å². The first-order valence-corrected chi connectivity index (χ1v) is 15.8. The van der Waals surface area contributed by atoms with Gasteiger partial charge in [-0.05, 0) is 53.6 Å². The van der Waals surface area contributed by atoms with Gasteiger partial charge in [-0.2, -0.15) is 0 Å². The Bertz CT molecular complexity index is 2850. The summed E-state index contributed by atoms with van der Waals surface area (Å²) in [6, 6.07) is 46.9. The molecular formula is C42H24N4O2. The molecule has 224 valence electrons. The number of hydrogen-bond donors (Lipinski definition) is 0. The summed E-state index contributed by atoms with van der Waals surface area (Å²) in [6.45, 7) is 0. The van der Waals surface area contributed by atoms with Gasteiger partial charge in [-0.15, -0.1) is 0 Å². The van der Waals surface area contributed by atoms with E-state index in [2.05, 4.69) is 65.6 Å². The van der Waals surface area contributed by atoms with Crippen molar-refractivity contribution in [1.29, 1.82) is 0 Å². The van der Waals surface area contributed by atoms with E-state index in [1.165, 1.54) is 0 Å². The van der Waals surface area contributed by atoms with E-state index in [0.717, 1.165) is 82.6 Å². The first-order valence-electron chi connectivity index (χ1n) is 15.8. The Hall–Kier alpha value is -6.66. The zero-order chi connectivity index (χ0) is 31.6. The molecule has 48 heavy (non-hydrogen) atoms. The fourth-order valence-electron chi connectivity index (χ4n) is 6.76. The van der Waals surface area contributed by atoms with Crippen LogP contribution in [0.4, 0.5) is 0 Å². The lowest BCUT2D eigenvalue weighted by atomic mass is 9.97. The smallest absolute Gasteiger partial charge is 0.164 e. The highest BCUT2D eigenvalue weighted by molar-refractivity contribution is 6.15. The van der Waals surface area contributed by atoms with Gasteiger partial charge in [-0.3, -0.25) is 4.98 Å². The summed E-state index contributed by atoms with van der Waals surface area (Å²) in [7, 11) is 0. The monoisotopic (exact) mass is 616 g/mol. The van der Waals surface area contributed by atoms with Crippen molar-refractivity contribution in [2.75, 3.05) is 0 Å². The highest BCUT2D eigenvalue weighted by atomic mass is 16.3. The van der Waals surface area contributed by atoms with Crippen LogP contribution in [0.2, 0.25) is 0 Å². The molecule has 0 amide bonds. The quantitative estimate of drug-likeness (QED) is 0.196. The number of fused-ring (bicyclic) bond motifs is 7. The summed E-state index contributed by atoms with van der Waals surface area (Å²) in [6.07, 6.45) is 1.82. The molecule has 6 nitrogen and oxygen atoms in total. The van der Waals surface area contributed by atoms with Crippen molar-refractivity contribution < 1.29 is 8.83 Å². The minimum atomic E-state index is 0.587. The van der Waals surface area contributed by atoms with Crippen molar-refractivity contribution in [2.24, 2.45) is 0 Å². The lowest BCUT2D eigenvalue weighted by molar-refractivity contribution is 0.669. The average molecular weight is 617 g/mol. The number of hydrogen-bond acceptors (Lipinski definition) is 6. The maximum Gasteiger partial charge on any atom is 0.164 e. The molecule has 0 N–H and O–H groups in total. The molecule has 0 bridgehead atoms. The topological polar surface area (TPSA) is 77.8 Å². The molecule has 0 saturated heterocycles. The summed E-state index contributed by atoms with van der Waals surface area (Å²) < 4.78 is 12.6. The zero-order valence-corrected chi connectivity index (χ0v) is 25.5. The summed E-state index contributed by atoms with van der Waals surface area (Å²) >= 11 is 0. The van der Waals surface area contributed by atoms with Gasteiger partial charge in [-0.25, -0.2) is 15.0 Å².